The van der Waals surface area contributed by atoms with E-state index in [1.54, 1.807) is 6.07 Å². The smallest absolute Gasteiger partial charge is 0.242 e. The minimum atomic E-state index is -0.683. The molecule has 1 aromatic rings. The largest absolute Gasteiger partial charge is 0.490 e. The van der Waals surface area contributed by atoms with Crippen LogP contribution in [0.1, 0.15) is 30.2 Å². The molecule has 19 heavy (non-hydrogen) atoms. The molecule has 2 aliphatic rings. The molecule has 1 aromatic carbocycles. The van der Waals surface area contributed by atoms with Crippen LogP contribution in [0.25, 0.3) is 0 Å². The van der Waals surface area contributed by atoms with E-state index in [1.165, 1.54) is 0 Å². The van der Waals surface area contributed by atoms with Gasteiger partial charge in [-0.25, -0.2) is 0 Å². The second-order valence-corrected chi connectivity index (χ2v) is 5.34. The van der Waals surface area contributed by atoms with Crippen molar-refractivity contribution >= 4 is 17.5 Å². The molecule has 5 heteroatoms. The van der Waals surface area contributed by atoms with Gasteiger partial charge in [0.25, 0.3) is 0 Å². The molecule has 1 atom stereocenters. The number of halogens is 1. The maximum Gasteiger partial charge on any atom is 0.242 e. The first-order valence-electron chi connectivity index (χ1n) is 6.58. The molecule has 1 N–H and O–H groups in total. The number of rotatable bonds is 3. The number of nitrogens with one attached hydrogen (secondary N) is 1. The zero-order chi connectivity index (χ0) is 13.2. The van der Waals surface area contributed by atoms with E-state index in [-0.39, 0.29) is 5.91 Å². The summed E-state index contributed by atoms with van der Waals surface area (Å²) in [6, 6.07) is 5.74. The van der Waals surface area contributed by atoms with Crippen LogP contribution in [0, 0.1) is 0 Å². The van der Waals surface area contributed by atoms with E-state index in [9.17, 15) is 4.79 Å². The van der Waals surface area contributed by atoms with Gasteiger partial charge in [-0.15, -0.1) is 11.6 Å². The van der Waals surface area contributed by atoms with Gasteiger partial charge in [-0.2, -0.15) is 0 Å². The van der Waals surface area contributed by atoms with Crippen molar-refractivity contribution in [3.8, 4) is 11.5 Å². The Kier molecular flexibility index (Phi) is 3.51. The van der Waals surface area contributed by atoms with Crippen LogP contribution in [0.5, 0.6) is 11.5 Å². The SMILES string of the molecule is O=C(NC1CC1)C(Cl)c1ccc2c(c1)OCCCO2. The van der Waals surface area contributed by atoms with Crippen molar-refractivity contribution in [1.29, 1.82) is 0 Å². The number of carbonyl (C=O) groups is 1. The summed E-state index contributed by atoms with van der Waals surface area (Å²) in [6.45, 7) is 1.27. The van der Waals surface area contributed by atoms with Gasteiger partial charge >= 0.3 is 0 Å². The molecular weight excluding hydrogens is 266 g/mol. The van der Waals surface area contributed by atoms with E-state index in [0.717, 1.165) is 24.8 Å². The Bertz CT molecular complexity index is 488. The number of hydrogen-bond donors (Lipinski definition) is 1. The molecule has 1 saturated carbocycles. The predicted molar refractivity (Wildman–Crippen MR) is 71.8 cm³/mol. The Morgan fingerprint density at radius 2 is 2.00 bits per heavy atom. The summed E-state index contributed by atoms with van der Waals surface area (Å²) >= 11 is 6.20. The monoisotopic (exact) mass is 281 g/mol. The highest BCUT2D eigenvalue weighted by Gasteiger charge is 2.27. The Labute approximate surface area is 117 Å². The van der Waals surface area contributed by atoms with Gasteiger partial charge in [-0.3, -0.25) is 4.79 Å². The molecule has 1 aliphatic heterocycles. The first kappa shape index (κ1) is 12.6. The van der Waals surface area contributed by atoms with Gasteiger partial charge in [-0.05, 0) is 30.5 Å². The third-order valence-corrected chi connectivity index (χ3v) is 3.67. The lowest BCUT2D eigenvalue weighted by molar-refractivity contribution is -0.121. The topological polar surface area (TPSA) is 47.6 Å². The van der Waals surface area contributed by atoms with Gasteiger partial charge < -0.3 is 14.8 Å². The van der Waals surface area contributed by atoms with E-state index in [0.29, 0.717) is 30.8 Å². The summed E-state index contributed by atoms with van der Waals surface area (Å²) in [7, 11) is 0. The van der Waals surface area contributed by atoms with Crippen LogP contribution in [0.2, 0.25) is 0 Å². The number of carbonyl (C=O) groups excluding carboxylic acids is 1. The third kappa shape index (κ3) is 2.95. The van der Waals surface area contributed by atoms with Gasteiger partial charge in [-0.1, -0.05) is 6.07 Å². The normalized spacial score (nSPS) is 19.4. The van der Waals surface area contributed by atoms with Crippen molar-refractivity contribution in [3.05, 3.63) is 23.8 Å². The maximum atomic E-state index is 11.9. The van der Waals surface area contributed by atoms with Crippen LogP contribution in [0.3, 0.4) is 0 Å². The van der Waals surface area contributed by atoms with Crippen LogP contribution in [-0.2, 0) is 4.79 Å². The fraction of sp³-hybridized carbons (Fsp3) is 0.500. The molecule has 1 amide bonds. The zero-order valence-corrected chi connectivity index (χ0v) is 11.3. The molecule has 1 aliphatic carbocycles. The van der Waals surface area contributed by atoms with Crippen molar-refractivity contribution in [2.45, 2.75) is 30.7 Å². The lowest BCUT2D eigenvalue weighted by Crippen LogP contribution is -2.28. The van der Waals surface area contributed by atoms with E-state index in [4.69, 9.17) is 21.1 Å². The number of hydrogen-bond acceptors (Lipinski definition) is 3. The minimum Gasteiger partial charge on any atom is -0.490 e. The number of ether oxygens (including phenoxy) is 2. The highest BCUT2D eigenvalue weighted by atomic mass is 35.5. The number of fused-ring (bicyclic) bond motifs is 1. The van der Waals surface area contributed by atoms with Gasteiger partial charge in [0.1, 0.15) is 5.38 Å². The quantitative estimate of drug-likeness (QED) is 0.866. The van der Waals surface area contributed by atoms with E-state index < -0.39 is 5.38 Å². The Morgan fingerprint density at radius 1 is 1.26 bits per heavy atom. The van der Waals surface area contributed by atoms with Gasteiger partial charge in [0.15, 0.2) is 11.5 Å². The van der Waals surface area contributed by atoms with Gasteiger partial charge in [0.2, 0.25) is 5.91 Å². The summed E-state index contributed by atoms with van der Waals surface area (Å²) in [5.74, 6) is 1.24. The Balaban J connectivity index is 1.76. The average Bonchev–Trinajstić information content (AvgIpc) is 3.23. The van der Waals surface area contributed by atoms with Crippen LogP contribution in [0.15, 0.2) is 18.2 Å². The molecule has 1 fully saturated rings. The molecule has 3 rings (SSSR count). The standard InChI is InChI=1S/C14H16ClNO3/c15-13(14(17)16-10-3-4-10)9-2-5-11-12(8-9)19-7-1-6-18-11/h2,5,8,10,13H,1,3-4,6-7H2,(H,16,17). The van der Waals surface area contributed by atoms with E-state index >= 15 is 0 Å². The van der Waals surface area contributed by atoms with Crippen LogP contribution in [0.4, 0.5) is 0 Å². The van der Waals surface area contributed by atoms with Crippen LogP contribution in [-0.4, -0.2) is 25.2 Å². The molecule has 0 bridgehead atoms. The fourth-order valence-corrected chi connectivity index (χ4v) is 2.19. The van der Waals surface area contributed by atoms with Gasteiger partial charge in [0.05, 0.1) is 13.2 Å². The van der Waals surface area contributed by atoms with E-state index in [2.05, 4.69) is 5.32 Å². The average molecular weight is 282 g/mol. The fourth-order valence-electron chi connectivity index (χ4n) is 1.99. The molecule has 0 aromatic heterocycles. The maximum absolute atomic E-state index is 11.9. The summed E-state index contributed by atoms with van der Waals surface area (Å²) in [5, 5.41) is 2.22. The van der Waals surface area contributed by atoms with Crippen molar-refractivity contribution in [1.82, 2.24) is 5.32 Å². The third-order valence-electron chi connectivity index (χ3n) is 3.22. The number of alkyl halides is 1. The molecule has 102 valence electrons. The molecule has 0 saturated heterocycles. The summed E-state index contributed by atoms with van der Waals surface area (Å²) in [5.41, 5.74) is 0.740. The highest BCUT2D eigenvalue weighted by molar-refractivity contribution is 6.30. The summed E-state index contributed by atoms with van der Waals surface area (Å²) in [6.07, 6.45) is 2.96. The van der Waals surface area contributed by atoms with Crippen molar-refractivity contribution < 1.29 is 14.3 Å². The van der Waals surface area contributed by atoms with Crippen LogP contribution < -0.4 is 14.8 Å². The van der Waals surface area contributed by atoms with Crippen molar-refractivity contribution in [2.24, 2.45) is 0 Å². The molecule has 1 heterocycles. The molecule has 1 unspecified atom stereocenters. The summed E-state index contributed by atoms with van der Waals surface area (Å²) in [4.78, 5) is 11.9. The van der Waals surface area contributed by atoms with Crippen molar-refractivity contribution in [2.75, 3.05) is 13.2 Å². The lowest BCUT2D eigenvalue weighted by Gasteiger charge is -2.13. The van der Waals surface area contributed by atoms with E-state index in [1.807, 2.05) is 12.1 Å². The van der Waals surface area contributed by atoms with Gasteiger partial charge in [0, 0.05) is 12.5 Å². The minimum absolute atomic E-state index is 0.140. The summed E-state index contributed by atoms with van der Waals surface area (Å²) < 4.78 is 11.1. The Hall–Kier alpha value is -1.42. The zero-order valence-electron chi connectivity index (χ0n) is 10.5. The predicted octanol–water partition coefficient (Wildman–Crippen LogP) is 2.41. The first-order chi connectivity index (χ1) is 9.24. The van der Waals surface area contributed by atoms with Crippen LogP contribution >= 0.6 is 11.6 Å². The van der Waals surface area contributed by atoms with Crippen molar-refractivity contribution in [3.63, 3.8) is 0 Å². The first-order valence-corrected chi connectivity index (χ1v) is 7.01. The molecule has 0 spiro atoms. The molecular formula is C14H16ClNO3. The number of amides is 1. The molecule has 4 nitrogen and oxygen atoms in total. The Morgan fingerprint density at radius 3 is 2.74 bits per heavy atom. The number of benzene rings is 1. The lowest BCUT2D eigenvalue weighted by atomic mass is 10.1. The second kappa shape index (κ2) is 5.29. The second-order valence-electron chi connectivity index (χ2n) is 4.90. The molecule has 0 radical (unpaired) electrons. The highest BCUT2D eigenvalue weighted by Crippen LogP contribution is 2.34.